The van der Waals surface area contributed by atoms with Crippen LogP contribution in [0.15, 0.2) is 23.5 Å². The fourth-order valence-electron chi connectivity index (χ4n) is 3.71. The predicted octanol–water partition coefficient (Wildman–Crippen LogP) is 2.89. The first-order chi connectivity index (χ1) is 12.3. The standard InChI is InChI=1S/C18H24N4O2S/c23-16(21-9-11-24-12-10-21)13-25-18-20-15-7-4-8-19-17(15)22(18)14-5-2-1-3-6-14/h4,7-8,14H,1-3,5-6,9-13H2. The molecule has 0 aromatic carbocycles. The molecule has 0 spiro atoms. The third-order valence-electron chi connectivity index (χ3n) is 5.04. The first-order valence-electron chi connectivity index (χ1n) is 9.14. The predicted molar refractivity (Wildman–Crippen MR) is 97.8 cm³/mol. The molecule has 4 rings (SSSR count). The van der Waals surface area contributed by atoms with Gasteiger partial charge in [0.25, 0.3) is 0 Å². The molecule has 7 heteroatoms. The van der Waals surface area contributed by atoms with E-state index in [-0.39, 0.29) is 5.91 Å². The van der Waals surface area contributed by atoms with Gasteiger partial charge in [0.2, 0.25) is 5.91 Å². The highest BCUT2D eigenvalue weighted by Crippen LogP contribution is 2.34. The van der Waals surface area contributed by atoms with Crippen molar-refractivity contribution in [3.8, 4) is 0 Å². The Labute approximate surface area is 151 Å². The second kappa shape index (κ2) is 7.74. The lowest BCUT2D eigenvalue weighted by atomic mass is 9.95. The Kier molecular flexibility index (Phi) is 5.22. The van der Waals surface area contributed by atoms with Gasteiger partial charge in [-0.05, 0) is 25.0 Å². The number of carbonyl (C=O) groups is 1. The van der Waals surface area contributed by atoms with Crippen LogP contribution in [0.4, 0.5) is 0 Å². The van der Waals surface area contributed by atoms with Gasteiger partial charge in [-0.2, -0.15) is 0 Å². The van der Waals surface area contributed by atoms with Crippen LogP contribution in [0.5, 0.6) is 0 Å². The van der Waals surface area contributed by atoms with Crippen molar-refractivity contribution in [1.82, 2.24) is 19.4 Å². The first-order valence-corrected chi connectivity index (χ1v) is 10.1. The van der Waals surface area contributed by atoms with Crippen LogP contribution in [0, 0.1) is 0 Å². The summed E-state index contributed by atoms with van der Waals surface area (Å²) in [6.45, 7) is 2.67. The van der Waals surface area contributed by atoms with Gasteiger partial charge < -0.3 is 14.2 Å². The maximum Gasteiger partial charge on any atom is 0.233 e. The number of amides is 1. The first kappa shape index (κ1) is 16.8. The fraction of sp³-hybridized carbons (Fsp3) is 0.611. The number of carbonyl (C=O) groups excluding carboxylic acids is 1. The van der Waals surface area contributed by atoms with Gasteiger partial charge in [-0.1, -0.05) is 31.0 Å². The molecule has 134 valence electrons. The van der Waals surface area contributed by atoms with E-state index in [9.17, 15) is 4.79 Å². The van der Waals surface area contributed by atoms with Gasteiger partial charge in [-0.15, -0.1) is 0 Å². The van der Waals surface area contributed by atoms with Gasteiger partial charge in [0.05, 0.1) is 19.0 Å². The number of fused-ring (bicyclic) bond motifs is 1. The van der Waals surface area contributed by atoms with Gasteiger partial charge in [-0.25, -0.2) is 9.97 Å². The van der Waals surface area contributed by atoms with Crippen LogP contribution in [0.25, 0.3) is 11.2 Å². The highest BCUT2D eigenvalue weighted by molar-refractivity contribution is 7.99. The smallest absolute Gasteiger partial charge is 0.233 e. The van der Waals surface area contributed by atoms with Crippen molar-refractivity contribution in [3.63, 3.8) is 0 Å². The van der Waals surface area contributed by atoms with E-state index >= 15 is 0 Å². The molecule has 1 amide bonds. The summed E-state index contributed by atoms with van der Waals surface area (Å²) in [5.74, 6) is 0.597. The maximum atomic E-state index is 12.5. The van der Waals surface area contributed by atoms with E-state index < -0.39 is 0 Å². The molecule has 2 aliphatic rings. The monoisotopic (exact) mass is 360 g/mol. The number of imidazole rings is 1. The number of morpholine rings is 1. The minimum Gasteiger partial charge on any atom is -0.378 e. The molecule has 0 bridgehead atoms. The minimum absolute atomic E-state index is 0.170. The summed E-state index contributed by atoms with van der Waals surface area (Å²) >= 11 is 1.55. The maximum absolute atomic E-state index is 12.5. The Bertz CT molecular complexity index is 736. The van der Waals surface area contributed by atoms with E-state index in [1.165, 1.54) is 32.1 Å². The van der Waals surface area contributed by atoms with E-state index in [4.69, 9.17) is 9.72 Å². The summed E-state index contributed by atoms with van der Waals surface area (Å²) in [5.41, 5.74) is 1.88. The topological polar surface area (TPSA) is 60.2 Å². The van der Waals surface area contributed by atoms with E-state index in [1.54, 1.807) is 11.8 Å². The highest BCUT2D eigenvalue weighted by atomic mass is 32.2. The van der Waals surface area contributed by atoms with Crippen LogP contribution >= 0.6 is 11.8 Å². The van der Waals surface area contributed by atoms with Crippen molar-refractivity contribution in [2.24, 2.45) is 0 Å². The Balaban J connectivity index is 1.54. The van der Waals surface area contributed by atoms with Crippen molar-refractivity contribution in [1.29, 1.82) is 0 Å². The summed E-state index contributed by atoms with van der Waals surface area (Å²) < 4.78 is 7.61. The van der Waals surface area contributed by atoms with Crippen molar-refractivity contribution in [2.45, 2.75) is 43.3 Å². The number of aromatic nitrogens is 3. The molecule has 1 aliphatic carbocycles. The SMILES string of the molecule is O=C(CSc1nc2cccnc2n1C1CCCCC1)N1CCOCC1. The molecule has 1 aliphatic heterocycles. The molecule has 0 atom stereocenters. The zero-order valence-corrected chi connectivity index (χ0v) is 15.2. The molecule has 6 nitrogen and oxygen atoms in total. The molecule has 2 aromatic heterocycles. The van der Waals surface area contributed by atoms with E-state index in [0.29, 0.717) is 38.1 Å². The molecule has 0 N–H and O–H groups in total. The number of rotatable bonds is 4. The summed E-state index contributed by atoms with van der Waals surface area (Å²) in [6, 6.07) is 4.39. The Morgan fingerprint density at radius 1 is 1.24 bits per heavy atom. The second-order valence-electron chi connectivity index (χ2n) is 6.68. The quantitative estimate of drug-likeness (QED) is 0.785. The van der Waals surface area contributed by atoms with Crippen LogP contribution in [-0.2, 0) is 9.53 Å². The Morgan fingerprint density at radius 3 is 2.84 bits per heavy atom. The largest absolute Gasteiger partial charge is 0.378 e. The van der Waals surface area contributed by atoms with E-state index in [2.05, 4.69) is 9.55 Å². The van der Waals surface area contributed by atoms with Crippen LogP contribution < -0.4 is 0 Å². The fourth-order valence-corrected chi connectivity index (χ4v) is 4.68. The molecule has 25 heavy (non-hydrogen) atoms. The van der Waals surface area contributed by atoms with Crippen LogP contribution in [0.2, 0.25) is 0 Å². The molecular weight excluding hydrogens is 336 g/mol. The number of nitrogens with zero attached hydrogens (tertiary/aromatic N) is 4. The van der Waals surface area contributed by atoms with Gasteiger partial charge >= 0.3 is 0 Å². The van der Waals surface area contributed by atoms with E-state index in [1.807, 2.05) is 23.2 Å². The van der Waals surface area contributed by atoms with Gasteiger partial charge in [0.15, 0.2) is 10.8 Å². The number of hydrogen-bond donors (Lipinski definition) is 0. The third-order valence-corrected chi connectivity index (χ3v) is 5.98. The molecule has 0 radical (unpaired) electrons. The summed E-state index contributed by atoms with van der Waals surface area (Å²) in [5, 5.41) is 0.933. The summed E-state index contributed by atoms with van der Waals surface area (Å²) in [7, 11) is 0. The lowest BCUT2D eigenvalue weighted by molar-refractivity contribution is -0.132. The van der Waals surface area contributed by atoms with Crippen molar-refractivity contribution < 1.29 is 9.53 Å². The number of pyridine rings is 1. The lowest BCUT2D eigenvalue weighted by Gasteiger charge is -2.27. The second-order valence-corrected chi connectivity index (χ2v) is 7.63. The number of hydrogen-bond acceptors (Lipinski definition) is 5. The Hall–Kier alpha value is -1.60. The normalized spacial score (nSPS) is 19.4. The molecule has 2 aromatic rings. The van der Waals surface area contributed by atoms with Gasteiger partial charge in [-0.3, -0.25) is 4.79 Å². The zero-order valence-electron chi connectivity index (χ0n) is 14.4. The van der Waals surface area contributed by atoms with Crippen molar-refractivity contribution in [3.05, 3.63) is 18.3 Å². The third kappa shape index (κ3) is 3.67. The zero-order chi connectivity index (χ0) is 17.1. The molecule has 1 saturated carbocycles. The van der Waals surface area contributed by atoms with Crippen molar-refractivity contribution in [2.75, 3.05) is 32.1 Å². The number of thioether (sulfide) groups is 1. The molecule has 1 saturated heterocycles. The average Bonchev–Trinajstić information content (AvgIpc) is 3.06. The highest BCUT2D eigenvalue weighted by Gasteiger charge is 2.24. The van der Waals surface area contributed by atoms with Crippen molar-refractivity contribution >= 4 is 28.8 Å². The van der Waals surface area contributed by atoms with Gasteiger partial charge in [0, 0.05) is 25.3 Å². The molecule has 0 unspecified atom stereocenters. The molecule has 3 heterocycles. The molecule has 2 fully saturated rings. The summed E-state index contributed by atoms with van der Waals surface area (Å²) in [4.78, 5) is 23.7. The van der Waals surface area contributed by atoms with E-state index in [0.717, 1.165) is 16.3 Å². The number of ether oxygens (including phenoxy) is 1. The molecular formula is C18H24N4O2S. The van der Waals surface area contributed by atoms with Crippen LogP contribution in [0.1, 0.15) is 38.1 Å². The van der Waals surface area contributed by atoms with Gasteiger partial charge in [0.1, 0.15) is 5.52 Å². The Morgan fingerprint density at radius 2 is 2.04 bits per heavy atom. The summed E-state index contributed by atoms with van der Waals surface area (Å²) in [6.07, 6.45) is 8.01. The van der Waals surface area contributed by atoms with Crippen LogP contribution in [-0.4, -0.2) is 57.4 Å². The average molecular weight is 360 g/mol. The van der Waals surface area contributed by atoms with Crippen LogP contribution in [0.3, 0.4) is 0 Å². The lowest BCUT2D eigenvalue weighted by Crippen LogP contribution is -2.41. The minimum atomic E-state index is 0.170.